The molecule has 4 nitrogen and oxygen atoms in total. The van der Waals surface area contributed by atoms with E-state index in [2.05, 4.69) is 6.92 Å². The Morgan fingerprint density at radius 1 is 1.19 bits per heavy atom. The molecule has 0 fully saturated rings. The second kappa shape index (κ2) is 9.94. The quantitative estimate of drug-likeness (QED) is 0.371. The SMILES string of the molecule is CCCCCCCc1cc(=O)n2c(c1-c1cccc(C(F)(F)F)c1)SC[C@H]2C(=O)OC. The minimum Gasteiger partial charge on any atom is -0.467 e. The summed E-state index contributed by atoms with van der Waals surface area (Å²) in [6.45, 7) is 2.13. The van der Waals surface area contributed by atoms with Crippen LogP contribution in [0.25, 0.3) is 11.1 Å². The number of benzene rings is 1. The number of fused-ring (bicyclic) bond motifs is 1. The van der Waals surface area contributed by atoms with Crippen LogP contribution in [-0.4, -0.2) is 23.4 Å². The number of aryl methyl sites for hydroxylation is 1. The Bertz CT molecular complexity index is 1000. The summed E-state index contributed by atoms with van der Waals surface area (Å²) >= 11 is 1.31. The Morgan fingerprint density at radius 2 is 1.94 bits per heavy atom. The predicted molar refractivity (Wildman–Crippen MR) is 115 cm³/mol. The van der Waals surface area contributed by atoms with E-state index in [0.717, 1.165) is 49.8 Å². The fraction of sp³-hybridized carbons (Fsp3) is 0.478. The molecule has 0 amide bonds. The molecule has 0 radical (unpaired) electrons. The van der Waals surface area contributed by atoms with Gasteiger partial charge in [0.2, 0.25) is 0 Å². The van der Waals surface area contributed by atoms with Crippen molar-refractivity contribution in [3.63, 3.8) is 0 Å². The van der Waals surface area contributed by atoms with Gasteiger partial charge in [-0.15, -0.1) is 11.8 Å². The summed E-state index contributed by atoms with van der Waals surface area (Å²) in [5, 5.41) is 0.533. The number of hydrogen-bond acceptors (Lipinski definition) is 4. The molecule has 1 aliphatic heterocycles. The molecule has 1 atom stereocenters. The Kier molecular flexibility index (Phi) is 7.51. The number of rotatable bonds is 8. The molecule has 8 heteroatoms. The van der Waals surface area contributed by atoms with Crippen LogP contribution in [0, 0.1) is 0 Å². The van der Waals surface area contributed by atoms with Gasteiger partial charge in [-0.05, 0) is 36.1 Å². The first-order valence-corrected chi connectivity index (χ1v) is 11.4. The maximum atomic E-state index is 13.3. The molecule has 31 heavy (non-hydrogen) atoms. The van der Waals surface area contributed by atoms with Crippen LogP contribution >= 0.6 is 11.8 Å². The summed E-state index contributed by atoms with van der Waals surface area (Å²) in [6, 6.07) is 5.85. The first-order chi connectivity index (χ1) is 14.8. The maximum Gasteiger partial charge on any atom is 0.416 e. The molecular formula is C23H26F3NO3S. The number of esters is 1. The molecule has 0 spiro atoms. The highest BCUT2D eigenvalue weighted by Gasteiger charge is 2.35. The van der Waals surface area contributed by atoms with E-state index in [9.17, 15) is 22.8 Å². The maximum absolute atomic E-state index is 13.3. The summed E-state index contributed by atoms with van der Waals surface area (Å²) < 4.78 is 46.2. The summed E-state index contributed by atoms with van der Waals surface area (Å²) in [6.07, 6.45) is 1.30. The van der Waals surface area contributed by atoms with Gasteiger partial charge >= 0.3 is 12.1 Å². The standard InChI is InChI=1S/C23H26F3NO3S/c1-3-4-5-6-7-9-16-13-19(28)27-18(22(29)30-2)14-31-21(27)20(16)15-10-8-11-17(12-15)23(24,25)26/h8,10-13,18H,3-7,9,14H2,1-2H3/t18-/m0/s1. The number of methoxy groups -OCH3 is 1. The zero-order valence-electron chi connectivity index (χ0n) is 17.6. The van der Waals surface area contributed by atoms with Gasteiger partial charge in [-0.2, -0.15) is 13.2 Å². The van der Waals surface area contributed by atoms with Crippen molar-refractivity contribution in [2.24, 2.45) is 0 Å². The summed E-state index contributed by atoms with van der Waals surface area (Å²) in [5.74, 6) is -0.218. The number of carbonyl (C=O) groups excluding carboxylic acids is 1. The number of pyridine rings is 1. The van der Waals surface area contributed by atoms with Crippen LogP contribution in [0.5, 0.6) is 0 Å². The lowest BCUT2D eigenvalue weighted by Crippen LogP contribution is -2.30. The van der Waals surface area contributed by atoms with Crippen molar-refractivity contribution in [3.8, 4) is 11.1 Å². The number of halogens is 3. The molecule has 0 saturated carbocycles. The Hall–Kier alpha value is -2.22. The minimum absolute atomic E-state index is 0.313. The Balaban J connectivity index is 2.09. The highest BCUT2D eigenvalue weighted by molar-refractivity contribution is 7.99. The second-order valence-corrected chi connectivity index (χ2v) is 8.66. The normalized spacial score (nSPS) is 15.7. The first kappa shape index (κ1) is 23.4. The third-order valence-corrected chi connectivity index (χ3v) is 6.64. The van der Waals surface area contributed by atoms with E-state index in [-0.39, 0.29) is 5.56 Å². The van der Waals surface area contributed by atoms with E-state index in [0.29, 0.717) is 28.3 Å². The van der Waals surface area contributed by atoms with Gasteiger partial charge in [-0.3, -0.25) is 9.36 Å². The van der Waals surface area contributed by atoms with Gasteiger partial charge in [0.05, 0.1) is 17.7 Å². The van der Waals surface area contributed by atoms with Gasteiger partial charge < -0.3 is 4.74 Å². The van der Waals surface area contributed by atoms with Crippen molar-refractivity contribution >= 4 is 17.7 Å². The minimum atomic E-state index is -4.47. The van der Waals surface area contributed by atoms with Crippen molar-refractivity contribution in [2.45, 2.75) is 62.7 Å². The number of thioether (sulfide) groups is 1. The fourth-order valence-corrected chi connectivity index (χ4v) is 5.25. The third kappa shape index (κ3) is 5.17. The molecule has 1 aromatic carbocycles. The molecule has 0 aliphatic carbocycles. The van der Waals surface area contributed by atoms with Crippen molar-refractivity contribution in [1.82, 2.24) is 4.57 Å². The largest absolute Gasteiger partial charge is 0.467 e. The van der Waals surface area contributed by atoms with Crippen LogP contribution < -0.4 is 5.56 Å². The lowest BCUT2D eigenvalue weighted by molar-refractivity contribution is -0.144. The van der Waals surface area contributed by atoms with Crippen molar-refractivity contribution < 1.29 is 22.7 Å². The number of alkyl halides is 3. The molecule has 0 saturated heterocycles. The number of unbranched alkanes of at least 4 members (excludes halogenated alkanes) is 4. The summed E-state index contributed by atoms with van der Waals surface area (Å²) in [7, 11) is 1.26. The number of nitrogens with zero attached hydrogens (tertiary/aromatic N) is 1. The van der Waals surface area contributed by atoms with E-state index in [1.54, 1.807) is 6.07 Å². The predicted octanol–water partition coefficient (Wildman–Crippen LogP) is 5.87. The topological polar surface area (TPSA) is 48.3 Å². The number of carbonyl (C=O) groups is 1. The van der Waals surface area contributed by atoms with E-state index in [1.807, 2.05) is 0 Å². The van der Waals surface area contributed by atoms with Gasteiger partial charge in [0.1, 0.15) is 6.04 Å². The van der Waals surface area contributed by atoms with Crippen molar-refractivity contribution in [1.29, 1.82) is 0 Å². The number of aromatic nitrogens is 1. The van der Waals surface area contributed by atoms with Crippen LogP contribution in [0.3, 0.4) is 0 Å². The summed E-state index contributed by atoms with van der Waals surface area (Å²) in [5.41, 5.74) is 0.675. The molecular weight excluding hydrogens is 427 g/mol. The molecule has 2 aromatic rings. The zero-order chi connectivity index (χ0) is 22.6. The molecule has 168 valence electrons. The van der Waals surface area contributed by atoms with Gasteiger partial charge in [0, 0.05) is 17.4 Å². The van der Waals surface area contributed by atoms with Gasteiger partial charge in [-0.1, -0.05) is 44.7 Å². The molecule has 2 heterocycles. The lowest BCUT2D eigenvalue weighted by atomic mass is 9.95. The highest BCUT2D eigenvalue weighted by atomic mass is 32.2. The smallest absolute Gasteiger partial charge is 0.416 e. The Labute approximate surface area is 183 Å². The molecule has 1 aliphatic rings. The summed E-state index contributed by atoms with van der Waals surface area (Å²) in [4.78, 5) is 25.0. The fourth-order valence-electron chi connectivity index (χ4n) is 3.90. The van der Waals surface area contributed by atoms with Crippen LogP contribution in [0.15, 0.2) is 40.2 Å². The van der Waals surface area contributed by atoms with Gasteiger partial charge in [0.25, 0.3) is 5.56 Å². The average molecular weight is 454 g/mol. The van der Waals surface area contributed by atoms with Crippen molar-refractivity contribution in [2.75, 3.05) is 12.9 Å². The monoisotopic (exact) mass is 453 g/mol. The number of hydrogen-bond donors (Lipinski definition) is 0. The first-order valence-electron chi connectivity index (χ1n) is 10.4. The molecule has 3 rings (SSSR count). The van der Waals surface area contributed by atoms with E-state index >= 15 is 0 Å². The lowest BCUT2D eigenvalue weighted by Gasteiger charge is -2.18. The van der Waals surface area contributed by atoms with Crippen LogP contribution in [0.4, 0.5) is 13.2 Å². The average Bonchev–Trinajstić information content (AvgIpc) is 3.18. The second-order valence-electron chi connectivity index (χ2n) is 7.65. The molecule has 1 aromatic heterocycles. The van der Waals surface area contributed by atoms with Crippen molar-refractivity contribution in [3.05, 3.63) is 51.8 Å². The van der Waals surface area contributed by atoms with Crippen LogP contribution in [0.2, 0.25) is 0 Å². The van der Waals surface area contributed by atoms with Crippen LogP contribution in [0.1, 0.15) is 56.2 Å². The van der Waals surface area contributed by atoms with E-state index < -0.39 is 23.8 Å². The van der Waals surface area contributed by atoms with Crippen LogP contribution in [-0.2, 0) is 22.1 Å². The number of ether oxygens (including phenoxy) is 1. The van der Waals surface area contributed by atoms with E-state index in [4.69, 9.17) is 4.74 Å². The molecule has 0 unspecified atom stereocenters. The molecule has 0 bridgehead atoms. The van der Waals surface area contributed by atoms with Gasteiger partial charge in [0.15, 0.2) is 0 Å². The zero-order valence-corrected chi connectivity index (χ0v) is 18.4. The highest BCUT2D eigenvalue weighted by Crippen LogP contribution is 2.42. The third-order valence-electron chi connectivity index (χ3n) is 5.48. The molecule has 0 N–H and O–H groups in total. The van der Waals surface area contributed by atoms with Gasteiger partial charge in [-0.25, -0.2) is 4.79 Å². The van der Waals surface area contributed by atoms with E-state index in [1.165, 1.54) is 35.6 Å². The Morgan fingerprint density at radius 3 is 2.61 bits per heavy atom.